The number of nitrogens with zero attached hydrogens (tertiary/aromatic N) is 2. The van der Waals surface area contributed by atoms with Gasteiger partial charge < -0.3 is 10.2 Å². The number of hydrogen-bond donors (Lipinski definition) is 2. The lowest BCUT2D eigenvalue weighted by Gasteiger charge is -2.11. The number of rotatable bonds is 2. The number of H-pyrrole nitrogens is 1. The minimum Gasteiger partial charge on any atom is -0.422 e. The lowest BCUT2D eigenvalue weighted by atomic mass is 10.1. The third kappa shape index (κ3) is 2.90. The average molecular weight is 260 g/mol. The van der Waals surface area contributed by atoms with Gasteiger partial charge in [-0.15, -0.1) is 0 Å². The number of hydrogen-bond acceptors (Lipinski definition) is 5. The fourth-order valence-electron chi connectivity index (χ4n) is 1.48. The zero-order valence-corrected chi connectivity index (χ0v) is 11.1. The first kappa shape index (κ1) is 13.1. The third-order valence-electron chi connectivity index (χ3n) is 2.42. The number of nitrogens with one attached hydrogen (secondary N) is 1. The molecule has 0 amide bonds. The highest BCUT2D eigenvalue weighted by Gasteiger charge is 2.10. The Hall–Kier alpha value is -2.37. The predicted octanol–water partition coefficient (Wildman–Crippen LogP) is 1.69. The first-order valence-electron chi connectivity index (χ1n) is 5.85. The maximum absolute atomic E-state index is 11.7. The molecule has 0 aromatic carbocycles. The molecule has 0 unspecified atom stereocenters. The Labute approximate surface area is 110 Å². The Morgan fingerprint density at radius 1 is 1.53 bits per heavy atom. The van der Waals surface area contributed by atoms with Crippen molar-refractivity contribution < 1.29 is 4.42 Å². The van der Waals surface area contributed by atoms with E-state index in [0.717, 1.165) is 0 Å². The van der Waals surface area contributed by atoms with E-state index in [1.165, 1.54) is 12.4 Å². The van der Waals surface area contributed by atoms with Crippen molar-refractivity contribution in [3.63, 3.8) is 0 Å². The van der Waals surface area contributed by atoms with Crippen LogP contribution in [0, 0.1) is 0 Å². The van der Waals surface area contributed by atoms with Crippen molar-refractivity contribution in [1.82, 2.24) is 10.2 Å². The number of allylic oxidation sites excluding steroid dienone is 1. The van der Waals surface area contributed by atoms with Gasteiger partial charge in [-0.2, -0.15) is 5.10 Å². The molecule has 3 N–H and O–H groups in total. The molecule has 0 aliphatic heterocycles. The van der Waals surface area contributed by atoms with Crippen LogP contribution in [0.3, 0.4) is 0 Å². The summed E-state index contributed by atoms with van der Waals surface area (Å²) in [6.45, 7) is 5.89. The molecule has 2 aromatic rings. The van der Waals surface area contributed by atoms with Crippen LogP contribution >= 0.6 is 0 Å². The Balaban J connectivity index is 2.47. The molecular formula is C13H16N4O2. The van der Waals surface area contributed by atoms with Gasteiger partial charge in [0, 0.05) is 18.5 Å². The predicted molar refractivity (Wildman–Crippen MR) is 75.0 cm³/mol. The summed E-state index contributed by atoms with van der Waals surface area (Å²) in [7, 11) is 0. The lowest BCUT2D eigenvalue weighted by molar-refractivity contribution is 0.507. The van der Waals surface area contributed by atoms with E-state index in [4.69, 9.17) is 10.2 Å². The molecule has 0 fully saturated rings. The van der Waals surface area contributed by atoms with Crippen LogP contribution in [0.1, 0.15) is 26.5 Å². The molecule has 0 bridgehead atoms. The SMILES string of the molecule is CC(C)(C)N=CC(=CN)c1cc2[nH]ncc2c(=O)o1. The highest BCUT2D eigenvalue weighted by molar-refractivity contribution is 6.09. The first-order valence-corrected chi connectivity index (χ1v) is 5.85. The van der Waals surface area contributed by atoms with E-state index in [0.29, 0.717) is 22.2 Å². The summed E-state index contributed by atoms with van der Waals surface area (Å²) in [6, 6.07) is 1.68. The van der Waals surface area contributed by atoms with Gasteiger partial charge in [-0.1, -0.05) is 0 Å². The number of aromatic amines is 1. The minimum absolute atomic E-state index is 0.230. The van der Waals surface area contributed by atoms with Crippen LogP contribution in [0.2, 0.25) is 0 Å². The van der Waals surface area contributed by atoms with Gasteiger partial charge in [0.25, 0.3) is 0 Å². The van der Waals surface area contributed by atoms with E-state index >= 15 is 0 Å². The van der Waals surface area contributed by atoms with E-state index < -0.39 is 5.63 Å². The number of aromatic nitrogens is 2. The molecule has 6 nitrogen and oxygen atoms in total. The quantitative estimate of drug-likeness (QED) is 0.803. The van der Waals surface area contributed by atoms with Crippen molar-refractivity contribution in [3.8, 4) is 0 Å². The molecule has 19 heavy (non-hydrogen) atoms. The standard InChI is InChI=1S/C13H16N4O2/c1-13(2,3)15-6-8(5-14)11-4-10-9(7-16-17-10)12(18)19-11/h4-7H,14H2,1-3H3,(H,16,17). The maximum Gasteiger partial charge on any atom is 0.347 e. The molecule has 2 heterocycles. The second kappa shape index (κ2) is 4.72. The Morgan fingerprint density at radius 2 is 2.26 bits per heavy atom. The molecule has 0 saturated heterocycles. The number of nitrogens with two attached hydrogens (primary N) is 1. The molecule has 6 heteroatoms. The zero-order valence-electron chi connectivity index (χ0n) is 11.1. The summed E-state index contributed by atoms with van der Waals surface area (Å²) in [6.07, 6.45) is 4.39. The van der Waals surface area contributed by atoms with Crippen molar-refractivity contribution >= 4 is 22.7 Å². The molecule has 2 aromatic heterocycles. The van der Waals surface area contributed by atoms with E-state index in [1.807, 2.05) is 20.8 Å². The Morgan fingerprint density at radius 3 is 2.89 bits per heavy atom. The van der Waals surface area contributed by atoms with Gasteiger partial charge in [-0.05, 0) is 20.8 Å². The summed E-state index contributed by atoms with van der Waals surface area (Å²) in [5, 5.41) is 6.94. The average Bonchev–Trinajstić information content (AvgIpc) is 2.77. The highest BCUT2D eigenvalue weighted by atomic mass is 16.4. The van der Waals surface area contributed by atoms with Crippen LogP contribution in [0.4, 0.5) is 0 Å². The monoisotopic (exact) mass is 260 g/mol. The molecule has 0 aliphatic rings. The lowest BCUT2D eigenvalue weighted by Crippen LogP contribution is -2.10. The second-order valence-electron chi connectivity index (χ2n) is 5.15. The molecule has 100 valence electrons. The van der Waals surface area contributed by atoms with Crippen LogP contribution in [-0.2, 0) is 0 Å². The van der Waals surface area contributed by atoms with Gasteiger partial charge >= 0.3 is 5.63 Å². The summed E-state index contributed by atoms with van der Waals surface area (Å²) in [5.74, 6) is 0.359. The van der Waals surface area contributed by atoms with E-state index in [-0.39, 0.29) is 5.54 Å². The van der Waals surface area contributed by atoms with Crippen LogP contribution < -0.4 is 11.4 Å². The number of fused-ring (bicyclic) bond motifs is 1. The third-order valence-corrected chi connectivity index (χ3v) is 2.42. The van der Waals surface area contributed by atoms with Crippen LogP contribution in [0.25, 0.3) is 16.5 Å². The molecule has 0 aliphatic carbocycles. The normalized spacial score (nSPS) is 13.5. The Bertz CT molecular complexity index is 701. The van der Waals surface area contributed by atoms with E-state index in [9.17, 15) is 4.79 Å². The summed E-state index contributed by atoms with van der Waals surface area (Å²) < 4.78 is 5.21. The van der Waals surface area contributed by atoms with Gasteiger partial charge in [0.05, 0.1) is 22.8 Å². The van der Waals surface area contributed by atoms with Gasteiger partial charge in [-0.3, -0.25) is 10.1 Å². The van der Waals surface area contributed by atoms with Crippen LogP contribution in [-0.4, -0.2) is 22.0 Å². The van der Waals surface area contributed by atoms with Crippen molar-refractivity contribution in [2.45, 2.75) is 26.3 Å². The molecule has 0 atom stereocenters. The van der Waals surface area contributed by atoms with Crippen LogP contribution in [0.15, 0.2) is 32.7 Å². The molecule has 0 spiro atoms. The molecule has 2 rings (SSSR count). The fourth-order valence-corrected chi connectivity index (χ4v) is 1.48. The summed E-state index contributed by atoms with van der Waals surface area (Å²) in [4.78, 5) is 16.1. The smallest absolute Gasteiger partial charge is 0.347 e. The van der Waals surface area contributed by atoms with Gasteiger partial charge in [0.1, 0.15) is 11.1 Å². The van der Waals surface area contributed by atoms with Crippen molar-refractivity contribution in [1.29, 1.82) is 0 Å². The first-order chi connectivity index (χ1) is 8.90. The van der Waals surface area contributed by atoms with Crippen LogP contribution in [0.5, 0.6) is 0 Å². The topological polar surface area (TPSA) is 97.3 Å². The summed E-state index contributed by atoms with van der Waals surface area (Å²) in [5.41, 5.74) is 6.03. The van der Waals surface area contributed by atoms with Gasteiger partial charge in [-0.25, -0.2) is 4.79 Å². The Kier molecular flexibility index (Phi) is 3.25. The zero-order chi connectivity index (χ0) is 14.0. The minimum atomic E-state index is -0.454. The van der Waals surface area contributed by atoms with Gasteiger partial charge in [0.15, 0.2) is 0 Å². The molecule has 0 radical (unpaired) electrons. The molecular weight excluding hydrogens is 244 g/mol. The highest BCUT2D eigenvalue weighted by Crippen LogP contribution is 2.16. The van der Waals surface area contributed by atoms with Crippen molar-refractivity contribution in [2.75, 3.05) is 0 Å². The number of aliphatic imine (C=N–C) groups is 1. The second-order valence-corrected chi connectivity index (χ2v) is 5.15. The fraction of sp³-hybridized carbons (Fsp3) is 0.308. The van der Waals surface area contributed by atoms with Crippen molar-refractivity contribution in [3.05, 3.63) is 34.6 Å². The largest absolute Gasteiger partial charge is 0.422 e. The summed E-state index contributed by atoms with van der Waals surface area (Å²) >= 11 is 0. The van der Waals surface area contributed by atoms with E-state index in [2.05, 4.69) is 15.2 Å². The van der Waals surface area contributed by atoms with E-state index in [1.54, 1.807) is 12.3 Å². The van der Waals surface area contributed by atoms with Crippen molar-refractivity contribution in [2.24, 2.45) is 10.7 Å². The van der Waals surface area contributed by atoms with Gasteiger partial charge in [0.2, 0.25) is 0 Å². The maximum atomic E-state index is 11.7. The molecule has 0 saturated carbocycles.